The van der Waals surface area contributed by atoms with Crippen LogP contribution < -0.4 is 10.6 Å². The number of aliphatic hydroxyl groups excluding tert-OH is 19. The molecule has 35 atom stereocenters. The van der Waals surface area contributed by atoms with E-state index in [4.69, 9.17) is 61.6 Å². The van der Waals surface area contributed by atoms with Crippen molar-refractivity contribution in [1.29, 1.82) is 0 Å². The van der Waals surface area contributed by atoms with E-state index in [-0.39, 0.29) is 0 Å². The molecule has 7 aliphatic rings. The summed E-state index contributed by atoms with van der Waals surface area (Å²) in [7, 11) is 0. The molecule has 36 nitrogen and oxygen atoms in total. The van der Waals surface area contributed by atoms with E-state index in [0.29, 0.717) is 0 Å². The largest absolute Gasteiger partial charge is 0.394 e. The molecule has 0 aromatic rings. The summed E-state index contributed by atoms with van der Waals surface area (Å²) in [5.41, 5.74) is 0. The maximum absolute atomic E-state index is 13.4. The number of carbonyl (C=O) groups excluding carboxylic acids is 2. The number of carbonyl (C=O) groups is 2. The normalized spacial score (nSPS) is 51.3. The highest BCUT2D eigenvalue weighted by atomic mass is 16.8. The zero-order chi connectivity index (χ0) is 60.5. The number of rotatable bonds is 19. The Morgan fingerprint density at radius 2 is 0.646 bits per heavy atom. The van der Waals surface area contributed by atoms with Crippen LogP contribution in [0.2, 0.25) is 0 Å². The third-order valence-corrected chi connectivity index (χ3v) is 15.3. The van der Waals surface area contributed by atoms with Crippen molar-refractivity contribution in [3.63, 3.8) is 0 Å². The zero-order valence-corrected chi connectivity index (χ0v) is 44.4. The van der Waals surface area contributed by atoms with E-state index >= 15 is 0 Å². The monoisotopic (exact) mass is 1200 g/mol. The molecule has 36 heteroatoms. The van der Waals surface area contributed by atoms with Crippen LogP contribution in [0.3, 0.4) is 0 Å². The lowest BCUT2D eigenvalue weighted by atomic mass is 9.93. The van der Waals surface area contributed by atoms with E-state index in [0.717, 1.165) is 13.8 Å². The van der Waals surface area contributed by atoms with Crippen LogP contribution >= 0.6 is 0 Å². The second-order valence-electron chi connectivity index (χ2n) is 21.0. The van der Waals surface area contributed by atoms with Gasteiger partial charge in [0.15, 0.2) is 44.0 Å². The first-order chi connectivity index (χ1) is 38.7. The summed E-state index contributed by atoms with van der Waals surface area (Å²) < 4.78 is 76.9. The molecule has 0 saturated carbocycles. The summed E-state index contributed by atoms with van der Waals surface area (Å²) in [6.45, 7) is -0.489. The van der Waals surface area contributed by atoms with Crippen LogP contribution in [0.4, 0.5) is 0 Å². The Hall–Kier alpha value is -2.34. The van der Waals surface area contributed by atoms with E-state index < -0.39 is 260 Å². The first-order valence-electron chi connectivity index (χ1n) is 26.3. The molecule has 7 rings (SSSR count). The van der Waals surface area contributed by atoms with Gasteiger partial charge in [0.25, 0.3) is 0 Å². The van der Waals surface area contributed by atoms with Gasteiger partial charge in [0.1, 0.15) is 159 Å². The van der Waals surface area contributed by atoms with Crippen LogP contribution in [0.25, 0.3) is 0 Å². The highest BCUT2D eigenvalue weighted by Gasteiger charge is 2.60. The highest BCUT2D eigenvalue weighted by molar-refractivity contribution is 5.73. The molecule has 0 radical (unpaired) electrons. The summed E-state index contributed by atoms with van der Waals surface area (Å²) in [5, 5.41) is 210. The van der Waals surface area contributed by atoms with E-state index in [1.807, 2.05) is 0 Å². The van der Waals surface area contributed by atoms with Crippen LogP contribution in [0.1, 0.15) is 27.7 Å². The summed E-state index contributed by atoms with van der Waals surface area (Å²) >= 11 is 0. The maximum atomic E-state index is 13.4. The van der Waals surface area contributed by atoms with Crippen molar-refractivity contribution in [2.75, 3.05) is 33.0 Å². The van der Waals surface area contributed by atoms with Crippen molar-refractivity contribution in [2.45, 2.75) is 243 Å². The van der Waals surface area contributed by atoms with Gasteiger partial charge in [-0.15, -0.1) is 0 Å². The van der Waals surface area contributed by atoms with E-state index in [2.05, 4.69) is 10.6 Å². The topological polar surface area (TPSA) is 563 Å². The Morgan fingerprint density at radius 3 is 1.12 bits per heavy atom. The van der Waals surface area contributed by atoms with Crippen molar-refractivity contribution in [2.24, 2.45) is 0 Å². The fourth-order valence-electron chi connectivity index (χ4n) is 10.7. The lowest BCUT2D eigenvalue weighted by Crippen LogP contribution is -2.72. The molecular weight excluding hydrogens is 1120 g/mol. The lowest BCUT2D eigenvalue weighted by Gasteiger charge is -2.52. The summed E-state index contributed by atoms with van der Waals surface area (Å²) in [6, 6.07) is -3.65. The molecule has 2 amide bonds. The average Bonchev–Trinajstić information content (AvgIpc) is 3.64. The minimum absolute atomic E-state index is 0.817. The summed E-state index contributed by atoms with van der Waals surface area (Å²) in [5.74, 6) is -1.76. The molecule has 0 aromatic heterocycles. The Morgan fingerprint density at radius 1 is 0.317 bits per heavy atom. The predicted octanol–water partition coefficient (Wildman–Crippen LogP) is -13.9. The van der Waals surface area contributed by atoms with Crippen molar-refractivity contribution in [3.05, 3.63) is 0 Å². The quantitative estimate of drug-likeness (QED) is 0.0571. The highest BCUT2D eigenvalue weighted by Crippen LogP contribution is 2.39. The fraction of sp³-hybridized carbons (Fsp3) is 0.957. The Kier molecular flexibility index (Phi) is 23.5. The molecule has 7 fully saturated rings. The van der Waals surface area contributed by atoms with Crippen LogP contribution in [0.5, 0.6) is 0 Å². The molecule has 0 aromatic carbocycles. The smallest absolute Gasteiger partial charge is 0.217 e. The van der Waals surface area contributed by atoms with Gasteiger partial charge in [-0.1, -0.05) is 0 Å². The average molecular weight is 1200 g/mol. The number of amides is 2. The van der Waals surface area contributed by atoms with Gasteiger partial charge in [-0.2, -0.15) is 0 Å². The Labute approximate surface area is 465 Å². The zero-order valence-electron chi connectivity index (χ0n) is 44.4. The first-order valence-corrected chi connectivity index (χ1v) is 26.3. The number of ether oxygens (including phenoxy) is 13. The molecular formula is C46H78N2O34. The van der Waals surface area contributed by atoms with E-state index in [1.165, 1.54) is 13.8 Å². The van der Waals surface area contributed by atoms with Gasteiger partial charge < -0.3 is 169 Å². The minimum Gasteiger partial charge on any atom is -0.394 e. The van der Waals surface area contributed by atoms with Crippen molar-refractivity contribution >= 4 is 11.8 Å². The molecule has 7 aliphatic heterocycles. The minimum atomic E-state index is -2.28. The fourth-order valence-corrected chi connectivity index (χ4v) is 10.7. The third-order valence-electron chi connectivity index (χ3n) is 15.3. The van der Waals surface area contributed by atoms with Crippen molar-refractivity contribution in [3.8, 4) is 0 Å². The molecule has 0 bridgehead atoms. The van der Waals surface area contributed by atoms with Gasteiger partial charge in [0.2, 0.25) is 11.8 Å². The summed E-state index contributed by atoms with van der Waals surface area (Å²) in [4.78, 5) is 26.0. The van der Waals surface area contributed by atoms with Crippen molar-refractivity contribution < 1.29 is 168 Å². The van der Waals surface area contributed by atoms with Gasteiger partial charge in [0.05, 0.1) is 45.2 Å². The summed E-state index contributed by atoms with van der Waals surface area (Å²) in [6.07, 6.45) is -62.9. The molecule has 7 heterocycles. The van der Waals surface area contributed by atoms with Crippen molar-refractivity contribution in [1.82, 2.24) is 10.6 Å². The maximum Gasteiger partial charge on any atom is 0.217 e. The first kappa shape index (κ1) is 67.2. The standard InChI is InChI=1S/C46H78N2O34/c1-10-21(56)25(60)29(64)42(70-10)80-37-19(47-12(3)54)40(69)72-17(8-52)35(37)78-41-20(48-13(4)55)38(81-43-32(67)28(63)34(11(2)71-43)77-44-30(65)26(61)22(57)14(5-49)73-44)36(18(9-53)76-41)79-46-33(68)39(24(59)16(7-51)75-46)82-45-31(66)27(62)23(58)15(6-50)74-45/h10-11,14-46,49-53,56-69H,5-9H2,1-4H3,(H,47,54)(H,48,55)/t10-,11-,14+,15+,16+,17+,18+,19+,20+,21+,22-,23+,24+,25+,26-,27-,28-,29-,30+,31-,32-,33-,34+,35+,36+,37+,38+,39-,40+,41-,42-,43-,44-,45+,46-/m0/s1. The van der Waals surface area contributed by atoms with Gasteiger partial charge >= 0.3 is 0 Å². The lowest BCUT2D eigenvalue weighted by molar-refractivity contribution is -0.398. The predicted molar refractivity (Wildman–Crippen MR) is 252 cm³/mol. The Balaban J connectivity index is 1.27. The number of nitrogens with one attached hydrogen (secondary N) is 2. The molecule has 0 spiro atoms. The number of hydrogen-bond donors (Lipinski definition) is 21. The van der Waals surface area contributed by atoms with Crippen LogP contribution in [0.15, 0.2) is 0 Å². The molecule has 0 aliphatic carbocycles. The number of hydrogen-bond acceptors (Lipinski definition) is 34. The molecule has 21 N–H and O–H groups in total. The number of aliphatic hydroxyl groups is 19. The Bertz CT molecular complexity index is 2030. The molecule has 82 heavy (non-hydrogen) atoms. The van der Waals surface area contributed by atoms with E-state index in [1.54, 1.807) is 0 Å². The van der Waals surface area contributed by atoms with Crippen LogP contribution in [0, 0.1) is 0 Å². The van der Waals surface area contributed by atoms with Crippen LogP contribution in [-0.2, 0) is 71.2 Å². The van der Waals surface area contributed by atoms with E-state index in [9.17, 15) is 107 Å². The van der Waals surface area contributed by atoms with Gasteiger partial charge in [-0.05, 0) is 13.8 Å². The second kappa shape index (κ2) is 28.7. The van der Waals surface area contributed by atoms with Gasteiger partial charge in [0, 0.05) is 13.8 Å². The SMILES string of the molecule is CC(=O)N[C@@H]1[C@@H](O[C@@H]2O[C@@H](C)[C@@H](O)[C@@H](O)[C@@H]2O)[C@H](O[C@@H]2O[C@H](CO)[C@@H](O[C@@H]3O[C@H](CO)[C@@H](O)[C@H](O[C@H]4O[C@H](CO)[C@@H](O)[C@H](O)[C@@H]4O)[C@@H]3O)[C@H](O[C@@H]3O[C@@H](C)[C@@H](O[C@@H]4O[C@H](CO)[C@H](O)[C@H](O)[C@H]4O)[C@@H](O)[C@@H]3O)[C@H]2NC(C)=O)[C@@H](CO)O[C@H]1O. The molecule has 476 valence electrons. The third kappa shape index (κ3) is 14.1. The second-order valence-corrected chi connectivity index (χ2v) is 21.0. The van der Waals surface area contributed by atoms with Crippen LogP contribution in [-0.4, -0.2) is 357 Å². The van der Waals surface area contributed by atoms with Gasteiger partial charge in [-0.25, -0.2) is 0 Å². The molecule has 7 saturated heterocycles. The molecule has 0 unspecified atom stereocenters. The van der Waals surface area contributed by atoms with Gasteiger partial charge in [-0.3, -0.25) is 9.59 Å².